The molecule has 0 saturated heterocycles. The standard InChI is InChI=1S/C23H30N2O3/c1-16(28-3)15-24-22(27)14-19-17(2)25(13-12-18-8-5-4-6-9-18)20-10-7-11-21(26)23(19)20/h4-6,8-9,16H,7,10-15H2,1-3H3,(H,24,27)/t16-/m0/s1. The van der Waals surface area contributed by atoms with Crippen molar-refractivity contribution < 1.29 is 14.3 Å². The number of amides is 1. The quantitative estimate of drug-likeness (QED) is 0.762. The van der Waals surface area contributed by atoms with Crippen molar-refractivity contribution in [3.05, 3.63) is 58.4 Å². The van der Waals surface area contributed by atoms with Gasteiger partial charge in [-0.2, -0.15) is 0 Å². The number of carbonyl (C=O) groups is 2. The van der Waals surface area contributed by atoms with Gasteiger partial charge in [0.05, 0.1) is 12.5 Å². The van der Waals surface area contributed by atoms with Crippen molar-refractivity contribution in [3.8, 4) is 0 Å². The van der Waals surface area contributed by atoms with Gasteiger partial charge < -0.3 is 14.6 Å². The topological polar surface area (TPSA) is 60.3 Å². The zero-order chi connectivity index (χ0) is 20.1. The van der Waals surface area contributed by atoms with Gasteiger partial charge in [-0.05, 0) is 44.2 Å². The number of Topliss-reactive ketones (excluding diaryl/α,β-unsaturated/α-hetero) is 1. The Bertz CT molecular complexity index is 839. The molecule has 5 heteroatoms. The number of methoxy groups -OCH3 is 1. The first-order chi connectivity index (χ1) is 13.5. The van der Waals surface area contributed by atoms with E-state index in [1.54, 1.807) is 7.11 Å². The lowest BCUT2D eigenvalue weighted by Crippen LogP contribution is -2.33. The summed E-state index contributed by atoms with van der Waals surface area (Å²) >= 11 is 0. The zero-order valence-electron chi connectivity index (χ0n) is 17.1. The summed E-state index contributed by atoms with van der Waals surface area (Å²) in [5.41, 5.74) is 5.13. The number of aryl methyl sites for hydroxylation is 1. The van der Waals surface area contributed by atoms with Crippen LogP contribution in [0.3, 0.4) is 0 Å². The summed E-state index contributed by atoms with van der Waals surface area (Å²) in [5.74, 6) is 0.115. The van der Waals surface area contributed by atoms with Gasteiger partial charge in [0.25, 0.3) is 0 Å². The van der Waals surface area contributed by atoms with Gasteiger partial charge in [-0.25, -0.2) is 0 Å². The van der Waals surface area contributed by atoms with E-state index >= 15 is 0 Å². The van der Waals surface area contributed by atoms with E-state index in [2.05, 4.69) is 22.0 Å². The van der Waals surface area contributed by atoms with Crippen LogP contribution in [0.5, 0.6) is 0 Å². The molecule has 0 radical (unpaired) electrons. The maximum absolute atomic E-state index is 12.7. The molecule has 0 bridgehead atoms. The molecule has 5 nitrogen and oxygen atoms in total. The minimum Gasteiger partial charge on any atom is -0.380 e. The lowest BCUT2D eigenvalue weighted by atomic mass is 9.92. The second-order valence-electron chi connectivity index (χ2n) is 7.58. The van der Waals surface area contributed by atoms with Crippen molar-refractivity contribution in [1.29, 1.82) is 0 Å². The number of benzene rings is 1. The van der Waals surface area contributed by atoms with Gasteiger partial charge in [0.2, 0.25) is 5.91 Å². The molecule has 2 aromatic rings. The summed E-state index contributed by atoms with van der Waals surface area (Å²) in [4.78, 5) is 25.2. The van der Waals surface area contributed by atoms with Gasteiger partial charge in [-0.1, -0.05) is 30.3 Å². The summed E-state index contributed by atoms with van der Waals surface area (Å²) < 4.78 is 7.45. The second-order valence-corrected chi connectivity index (χ2v) is 7.58. The Labute approximate surface area is 167 Å². The van der Waals surface area contributed by atoms with Crippen molar-refractivity contribution in [2.24, 2.45) is 0 Å². The Morgan fingerprint density at radius 3 is 2.71 bits per heavy atom. The van der Waals surface area contributed by atoms with E-state index in [-0.39, 0.29) is 24.2 Å². The molecular weight excluding hydrogens is 352 g/mol. The summed E-state index contributed by atoms with van der Waals surface area (Å²) in [6, 6.07) is 10.4. The number of fused-ring (bicyclic) bond motifs is 1. The Morgan fingerprint density at radius 2 is 2.00 bits per heavy atom. The van der Waals surface area contributed by atoms with Gasteiger partial charge in [0, 0.05) is 43.6 Å². The fraction of sp³-hybridized carbons (Fsp3) is 0.478. The number of ketones is 1. The molecule has 1 N–H and O–H groups in total. The third-order valence-electron chi connectivity index (χ3n) is 5.65. The molecule has 0 saturated carbocycles. The first-order valence-corrected chi connectivity index (χ1v) is 10.1. The van der Waals surface area contributed by atoms with E-state index in [9.17, 15) is 9.59 Å². The minimum absolute atomic E-state index is 0.0314. The number of ether oxygens (including phenoxy) is 1. The molecule has 0 unspecified atom stereocenters. The first kappa shape index (κ1) is 20.3. The van der Waals surface area contributed by atoms with Crippen LogP contribution in [0.2, 0.25) is 0 Å². The minimum atomic E-state index is -0.0617. The molecule has 3 rings (SSSR count). The third kappa shape index (κ3) is 4.53. The highest BCUT2D eigenvalue weighted by Gasteiger charge is 2.28. The fourth-order valence-corrected chi connectivity index (χ4v) is 3.95. The summed E-state index contributed by atoms with van der Waals surface area (Å²) in [5, 5.41) is 2.91. The lowest BCUT2D eigenvalue weighted by Gasteiger charge is -2.16. The predicted molar refractivity (Wildman–Crippen MR) is 110 cm³/mol. The number of hydrogen-bond acceptors (Lipinski definition) is 3. The highest BCUT2D eigenvalue weighted by Crippen LogP contribution is 2.30. The summed E-state index contributed by atoms with van der Waals surface area (Å²) in [7, 11) is 1.63. The van der Waals surface area contributed by atoms with Crippen LogP contribution >= 0.6 is 0 Å². The molecule has 1 atom stereocenters. The average Bonchev–Trinajstić information content (AvgIpc) is 2.97. The lowest BCUT2D eigenvalue weighted by molar-refractivity contribution is -0.120. The van der Waals surface area contributed by atoms with Crippen LogP contribution < -0.4 is 5.32 Å². The molecule has 1 amide bonds. The van der Waals surface area contributed by atoms with Crippen LogP contribution in [-0.2, 0) is 35.3 Å². The van der Waals surface area contributed by atoms with Crippen LogP contribution in [-0.4, -0.2) is 36.0 Å². The Balaban J connectivity index is 1.82. The van der Waals surface area contributed by atoms with Crippen molar-refractivity contribution in [2.75, 3.05) is 13.7 Å². The number of nitrogens with one attached hydrogen (secondary N) is 1. The Hall–Kier alpha value is -2.40. The van der Waals surface area contributed by atoms with Crippen LogP contribution in [0, 0.1) is 6.92 Å². The van der Waals surface area contributed by atoms with Gasteiger partial charge >= 0.3 is 0 Å². The molecule has 1 aliphatic carbocycles. The van der Waals surface area contributed by atoms with E-state index in [0.717, 1.165) is 48.3 Å². The van der Waals surface area contributed by atoms with E-state index in [0.29, 0.717) is 13.0 Å². The smallest absolute Gasteiger partial charge is 0.224 e. The molecule has 0 aliphatic heterocycles. The van der Waals surface area contributed by atoms with Crippen molar-refractivity contribution in [2.45, 2.75) is 58.6 Å². The SMILES string of the molecule is CO[C@@H](C)CNC(=O)Cc1c2c(n(CCc3ccccc3)c1C)CCCC2=O. The number of carbonyl (C=O) groups excluding carboxylic acids is 2. The summed E-state index contributed by atoms with van der Waals surface area (Å²) in [6.45, 7) is 5.25. The molecule has 1 aromatic heterocycles. The van der Waals surface area contributed by atoms with E-state index in [1.807, 2.05) is 32.0 Å². The molecule has 0 fully saturated rings. The van der Waals surface area contributed by atoms with E-state index in [4.69, 9.17) is 4.74 Å². The zero-order valence-corrected chi connectivity index (χ0v) is 17.1. The van der Waals surface area contributed by atoms with Crippen LogP contribution in [0.15, 0.2) is 30.3 Å². The van der Waals surface area contributed by atoms with Crippen molar-refractivity contribution >= 4 is 11.7 Å². The molecular formula is C23H30N2O3. The first-order valence-electron chi connectivity index (χ1n) is 10.1. The predicted octanol–water partition coefficient (Wildman–Crippen LogP) is 3.25. The van der Waals surface area contributed by atoms with Gasteiger partial charge in [0.15, 0.2) is 5.78 Å². The van der Waals surface area contributed by atoms with Gasteiger partial charge in [0.1, 0.15) is 0 Å². The van der Waals surface area contributed by atoms with Crippen molar-refractivity contribution in [3.63, 3.8) is 0 Å². The average molecular weight is 383 g/mol. The van der Waals surface area contributed by atoms with Crippen LogP contribution in [0.1, 0.15) is 52.6 Å². The van der Waals surface area contributed by atoms with Gasteiger partial charge in [-0.15, -0.1) is 0 Å². The summed E-state index contributed by atoms with van der Waals surface area (Å²) in [6.07, 6.45) is 3.49. The fourth-order valence-electron chi connectivity index (χ4n) is 3.95. The Morgan fingerprint density at radius 1 is 1.25 bits per heavy atom. The largest absolute Gasteiger partial charge is 0.380 e. The number of aromatic nitrogens is 1. The van der Waals surface area contributed by atoms with Crippen LogP contribution in [0.4, 0.5) is 0 Å². The molecule has 1 aliphatic rings. The van der Waals surface area contributed by atoms with E-state index in [1.165, 1.54) is 5.56 Å². The Kier molecular flexibility index (Phi) is 6.68. The van der Waals surface area contributed by atoms with Crippen LogP contribution in [0.25, 0.3) is 0 Å². The molecule has 28 heavy (non-hydrogen) atoms. The number of hydrogen-bond donors (Lipinski definition) is 1. The maximum Gasteiger partial charge on any atom is 0.224 e. The molecule has 0 spiro atoms. The van der Waals surface area contributed by atoms with Gasteiger partial charge in [-0.3, -0.25) is 9.59 Å². The monoisotopic (exact) mass is 382 g/mol. The normalized spacial score (nSPS) is 14.6. The molecule has 1 aromatic carbocycles. The highest BCUT2D eigenvalue weighted by atomic mass is 16.5. The molecule has 150 valence electrons. The number of nitrogens with zero attached hydrogens (tertiary/aromatic N) is 1. The third-order valence-corrected chi connectivity index (χ3v) is 5.65. The number of rotatable bonds is 8. The highest BCUT2D eigenvalue weighted by molar-refractivity contribution is 6.01. The van der Waals surface area contributed by atoms with Crippen molar-refractivity contribution in [1.82, 2.24) is 9.88 Å². The van der Waals surface area contributed by atoms with E-state index < -0.39 is 0 Å². The molecule has 1 heterocycles. The second kappa shape index (κ2) is 9.20. The maximum atomic E-state index is 12.7.